The molecule has 0 aliphatic carbocycles. The second-order valence-electron chi connectivity index (χ2n) is 5.04. The minimum atomic E-state index is 0. The molecule has 1 rings (SSSR count). The number of hydrogen-bond acceptors (Lipinski definition) is 3. The van der Waals surface area contributed by atoms with Crippen LogP contribution in [-0.2, 0) is 11.3 Å². The van der Waals surface area contributed by atoms with Gasteiger partial charge in [0.15, 0.2) is 0 Å². The van der Waals surface area contributed by atoms with Crippen LogP contribution in [0.2, 0.25) is 0 Å². The number of halogens is 2. The van der Waals surface area contributed by atoms with Crippen molar-refractivity contribution in [2.45, 2.75) is 33.4 Å². The van der Waals surface area contributed by atoms with Crippen LogP contribution in [0.25, 0.3) is 0 Å². The van der Waals surface area contributed by atoms with E-state index in [1.54, 1.807) is 0 Å². The van der Waals surface area contributed by atoms with Gasteiger partial charge in [0.05, 0.1) is 6.54 Å². The summed E-state index contributed by atoms with van der Waals surface area (Å²) >= 11 is 0. The van der Waals surface area contributed by atoms with Gasteiger partial charge < -0.3 is 10.6 Å². The first-order valence-corrected chi connectivity index (χ1v) is 6.82. The van der Waals surface area contributed by atoms with Gasteiger partial charge in [-0.25, -0.2) is 0 Å². The Hall–Kier alpha value is -0.810. The van der Waals surface area contributed by atoms with Crippen LogP contribution in [0.4, 0.5) is 5.69 Å². The van der Waals surface area contributed by atoms with Crippen LogP contribution in [0, 0.1) is 0 Å². The fraction of sp³-hybridized carbons (Fsp3) is 0.533. The lowest BCUT2D eigenvalue weighted by molar-refractivity contribution is -0.117. The molecule has 0 saturated heterocycles. The standard InChI is InChI=1S/C15H25N3O.2ClH/c1-5-16-10-13-7-6-8-14(9-13)17-15(19)11-18(4)12(2)3;;/h6-9,12,16H,5,10-11H2,1-4H3,(H,17,19);2*1H. The predicted molar refractivity (Wildman–Crippen MR) is 94.7 cm³/mol. The second-order valence-corrected chi connectivity index (χ2v) is 5.04. The summed E-state index contributed by atoms with van der Waals surface area (Å²) in [7, 11) is 1.95. The number of benzene rings is 1. The van der Waals surface area contributed by atoms with Crippen molar-refractivity contribution in [3.05, 3.63) is 29.8 Å². The molecule has 0 heterocycles. The molecule has 2 N–H and O–H groups in total. The Morgan fingerprint density at radius 3 is 2.52 bits per heavy atom. The van der Waals surface area contributed by atoms with Crippen molar-refractivity contribution in [2.75, 3.05) is 25.5 Å². The van der Waals surface area contributed by atoms with E-state index in [9.17, 15) is 4.79 Å². The molecule has 0 atom stereocenters. The minimum absolute atomic E-state index is 0. The molecule has 4 nitrogen and oxygen atoms in total. The summed E-state index contributed by atoms with van der Waals surface area (Å²) in [6, 6.07) is 8.32. The van der Waals surface area contributed by atoms with Gasteiger partial charge in [0.25, 0.3) is 0 Å². The average Bonchev–Trinajstić information content (AvgIpc) is 2.36. The first-order chi connectivity index (χ1) is 9.02. The maximum atomic E-state index is 11.9. The van der Waals surface area contributed by atoms with Gasteiger partial charge in [-0.15, -0.1) is 24.8 Å². The number of nitrogens with zero attached hydrogens (tertiary/aromatic N) is 1. The number of amides is 1. The first kappa shape index (κ1) is 22.5. The number of carbonyl (C=O) groups excluding carboxylic acids is 1. The zero-order valence-electron chi connectivity index (χ0n) is 13.2. The van der Waals surface area contributed by atoms with E-state index in [2.05, 4.69) is 37.5 Å². The van der Waals surface area contributed by atoms with Gasteiger partial charge in [-0.3, -0.25) is 9.69 Å². The largest absolute Gasteiger partial charge is 0.325 e. The third-order valence-electron chi connectivity index (χ3n) is 3.06. The molecule has 122 valence electrons. The van der Waals surface area contributed by atoms with Crippen LogP contribution in [0.5, 0.6) is 0 Å². The molecule has 21 heavy (non-hydrogen) atoms. The van der Waals surface area contributed by atoms with Crippen molar-refractivity contribution < 1.29 is 4.79 Å². The Morgan fingerprint density at radius 2 is 1.95 bits per heavy atom. The van der Waals surface area contributed by atoms with E-state index in [0.29, 0.717) is 12.6 Å². The molecule has 0 saturated carbocycles. The summed E-state index contributed by atoms with van der Waals surface area (Å²) in [5.74, 6) is 0.0248. The zero-order chi connectivity index (χ0) is 14.3. The molecule has 1 aromatic carbocycles. The van der Waals surface area contributed by atoms with Crippen LogP contribution in [0.1, 0.15) is 26.3 Å². The molecular formula is C15H27Cl2N3O. The number of nitrogens with one attached hydrogen (secondary N) is 2. The lowest BCUT2D eigenvalue weighted by Crippen LogP contribution is -2.34. The SMILES string of the molecule is CCNCc1cccc(NC(=O)CN(C)C(C)C)c1.Cl.Cl. The summed E-state index contributed by atoms with van der Waals surface area (Å²) in [5, 5.41) is 6.21. The smallest absolute Gasteiger partial charge is 0.238 e. The Kier molecular flexibility index (Phi) is 12.6. The Balaban J connectivity index is 0. The highest BCUT2D eigenvalue weighted by molar-refractivity contribution is 5.92. The molecule has 0 aromatic heterocycles. The molecule has 0 unspecified atom stereocenters. The van der Waals surface area contributed by atoms with Crippen molar-refractivity contribution in [3.63, 3.8) is 0 Å². The maximum Gasteiger partial charge on any atom is 0.238 e. The summed E-state index contributed by atoms with van der Waals surface area (Å²) in [5.41, 5.74) is 2.04. The monoisotopic (exact) mass is 335 g/mol. The lowest BCUT2D eigenvalue weighted by atomic mass is 10.2. The lowest BCUT2D eigenvalue weighted by Gasteiger charge is -2.20. The number of rotatable bonds is 7. The van der Waals surface area contributed by atoms with Crippen molar-refractivity contribution in [1.82, 2.24) is 10.2 Å². The predicted octanol–water partition coefficient (Wildman–Crippen LogP) is 2.92. The minimum Gasteiger partial charge on any atom is -0.325 e. The quantitative estimate of drug-likeness (QED) is 0.805. The van der Waals surface area contributed by atoms with Gasteiger partial charge in [-0.2, -0.15) is 0 Å². The fourth-order valence-electron chi connectivity index (χ4n) is 1.64. The van der Waals surface area contributed by atoms with Gasteiger partial charge >= 0.3 is 0 Å². The van der Waals surface area contributed by atoms with Crippen LogP contribution in [-0.4, -0.2) is 37.0 Å². The van der Waals surface area contributed by atoms with E-state index in [-0.39, 0.29) is 30.7 Å². The van der Waals surface area contributed by atoms with Crippen molar-refractivity contribution in [2.24, 2.45) is 0 Å². The average molecular weight is 336 g/mol. The van der Waals surface area contributed by atoms with Crippen molar-refractivity contribution in [3.8, 4) is 0 Å². The molecule has 0 spiro atoms. The Labute approximate surface area is 140 Å². The highest BCUT2D eigenvalue weighted by Crippen LogP contribution is 2.10. The highest BCUT2D eigenvalue weighted by atomic mass is 35.5. The Morgan fingerprint density at radius 1 is 1.29 bits per heavy atom. The van der Waals surface area contributed by atoms with Gasteiger partial charge in [0, 0.05) is 18.3 Å². The van der Waals surface area contributed by atoms with Gasteiger partial charge in [0.1, 0.15) is 0 Å². The molecule has 1 amide bonds. The Bertz CT molecular complexity index is 414. The van der Waals surface area contributed by atoms with E-state index in [1.165, 1.54) is 5.56 Å². The number of anilines is 1. The van der Waals surface area contributed by atoms with Crippen LogP contribution in [0.3, 0.4) is 0 Å². The molecular weight excluding hydrogens is 309 g/mol. The van der Waals surface area contributed by atoms with E-state index < -0.39 is 0 Å². The van der Waals surface area contributed by atoms with E-state index >= 15 is 0 Å². The van der Waals surface area contributed by atoms with Crippen LogP contribution < -0.4 is 10.6 Å². The maximum absolute atomic E-state index is 11.9. The highest BCUT2D eigenvalue weighted by Gasteiger charge is 2.09. The van der Waals surface area contributed by atoms with Gasteiger partial charge in [-0.1, -0.05) is 19.1 Å². The molecule has 0 aliphatic heterocycles. The summed E-state index contributed by atoms with van der Waals surface area (Å²) in [6.45, 7) is 8.40. The van der Waals surface area contributed by atoms with Gasteiger partial charge in [-0.05, 0) is 45.1 Å². The second kappa shape index (κ2) is 11.8. The third kappa shape index (κ3) is 8.94. The molecule has 0 fully saturated rings. The molecule has 0 bridgehead atoms. The van der Waals surface area contributed by atoms with Crippen LogP contribution >= 0.6 is 24.8 Å². The number of likely N-dealkylation sites (N-methyl/N-ethyl adjacent to an activating group) is 1. The molecule has 0 aliphatic rings. The molecule has 1 aromatic rings. The summed E-state index contributed by atoms with van der Waals surface area (Å²) < 4.78 is 0. The number of hydrogen-bond donors (Lipinski definition) is 2. The number of carbonyl (C=O) groups is 1. The first-order valence-electron chi connectivity index (χ1n) is 6.82. The topological polar surface area (TPSA) is 44.4 Å². The van der Waals surface area contributed by atoms with Crippen LogP contribution in [0.15, 0.2) is 24.3 Å². The van der Waals surface area contributed by atoms with Crippen molar-refractivity contribution in [1.29, 1.82) is 0 Å². The summed E-state index contributed by atoms with van der Waals surface area (Å²) in [4.78, 5) is 13.9. The van der Waals surface area contributed by atoms with E-state index in [1.807, 2.05) is 30.1 Å². The van der Waals surface area contributed by atoms with E-state index in [0.717, 1.165) is 18.8 Å². The fourth-order valence-corrected chi connectivity index (χ4v) is 1.64. The van der Waals surface area contributed by atoms with E-state index in [4.69, 9.17) is 0 Å². The molecule has 6 heteroatoms. The molecule has 0 radical (unpaired) electrons. The van der Waals surface area contributed by atoms with Crippen molar-refractivity contribution >= 4 is 36.4 Å². The van der Waals surface area contributed by atoms with Gasteiger partial charge in [0.2, 0.25) is 5.91 Å². The normalized spacial score (nSPS) is 10.0. The zero-order valence-corrected chi connectivity index (χ0v) is 14.8. The third-order valence-corrected chi connectivity index (χ3v) is 3.06. The summed E-state index contributed by atoms with van der Waals surface area (Å²) in [6.07, 6.45) is 0.